The second-order valence-corrected chi connectivity index (χ2v) is 23.3. The van der Waals surface area contributed by atoms with Crippen LogP contribution in [0, 0.1) is 23.7 Å². The second-order valence-electron chi connectivity index (χ2n) is 22.8. The fourth-order valence-corrected chi connectivity index (χ4v) is 13.8. The molecule has 1 saturated carbocycles. The third-order valence-electron chi connectivity index (χ3n) is 18.1. The third kappa shape index (κ3) is 10.0. The SMILES string of the molecule is CN(C)C(=O)C(CCN1CCC([O-])(c2ccc(Cl)cc2)CC1)(c1ccccc1)c1ccccc1.COc1ccc2cc3[n+](cc2c1OC)CCc1cc2c(cc1-3)OCO2.C[C@@H]1CC[C@H]2[C@@H](C)C(=O)O[C@@H]3O[C@@]4(C)CC[C@@H]1[C@]32OO4. The first kappa shape index (κ1) is 54.7. The van der Waals surface area contributed by atoms with Gasteiger partial charge >= 0.3 is 5.97 Å². The highest BCUT2D eigenvalue weighted by Gasteiger charge is 2.70. The van der Waals surface area contributed by atoms with Gasteiger partial charge in [-0.15, -0.1) is 0 Å². The Morgan fingerprint density at radius 2 is 1.52 bits per heavy atom. The van der Waals surface area contributed by atoms with Crippen LogP contribution in [0.25, 0.3) is 22.0 Å². The quantitative estimate of drug-likeness (QED) is 0.0773. The van der Waals surface area contributed by atoms with Gasteiger partial charge in [0.1, 0.15) is 5.41 Å². The van der Waals surface area contributed by atoms with Crippen LogP contribution in [-0.4, -0.2) is 94.1 Å². The molecule has 1 aromatic heterocycles. The molecule has 5 aromatic carbocycles. The summed E-state index contributed by atoms with van der Waals surface area (Å²) in [6.45, 7) is 9.43. The normalized spacial score (nSPS) is 26.1. The minimum absolute atomic E-state index is 0.0706. The highest BCUT2D eigenvalue weighted by Crippen LogP contribution is 2.60. The molecule has 1 amide bonds. The molecule has 1 aliphatic carbocycles. The van der Waals surface area contributed by atoms with Crippen molar-refractivity contribution in [2.75, 3.05) is 54.7 Å². The second kappa shape index (κ2) is 22.0. The Morgan fingerprint density at radius 3 is 2.18 bits per heavy atom. The number of aryl methyl sites for hydroxylation is 2. The van der Waals surface area contributed by atoms with Crippen LogP contribution in [-0.2, 0) is 52.8 Å². The molecule has 79 heavy (non-hydrogen) atoms. The number of rotatable bonds is 9. The standard InChI is InChI=1S/C29H32ClN2O2.C20H18NO4.C15H22O5/c1-31(2)27(33)29(24-9-5-3-6-10-24,25-11-7-4-8-12-25)19-22-32-20-17-28(34,18-21-32)23-13-15-26(30)16-14-23;1-22-17-4-3-12-7-16-14-9-19-18(24-11-25-19)8-13(14)5-6-21(16)10-15(12)20(17)23-2;1-8-4-5-11-9(2)12(16)17-13-15(11)10(8)6-7-14(3,18-13)19-20-15/h3-16H,17-22H2,1-2H3;3-4,7-10H,5-6,11H2,1-2H3;8-11,13H,4-7H2,1-3H3/q-1;+1;/t;;8-,9-,10+,11+,13-,14-,15-/m..1/s1. The molecule has 5 saturated heterocycles. The number of hydrogen-bond donors (Lipinski definition) is 0. The maximum atomic E-state index is 13.8. The van der Waals surface area contributed by atoms with E-state index in [0.29, 0.717) is 56.0 Å². The van der Waals surface area contributed by atoms with Crippen molar-refractivity contribution in [1.82, 2.24) is 9.80 Å². The number of nitrogens with zero attached hydrogens (tertiary/aromatic N) is 3. The first-order valence-electron chi connectivity index (χ1n) is 27.9. The van der Waals surface area contributed by atoms with Crippen LogP contribution in [0.3, 0.4) is 0 Å². The van der Waals surface area contributed by atoms with Crippen LogP contribution in [0.1, 0.15) is 88.0 Å². The molecule has 416 valence electrons. The summed E-state index contributed by atoms with van der Waals surface area (Å²) in [6, 6.07) is 37.9. The molecule has 7 atom stereocenters. The number of likely N-dealkylation sites (tertiary alicyclic amines) is 1. The van der Waals surface area contributed by atoms with E-state index in [4.69, 9.17) is 49.8 Å². The number of hydrogen-bond acceptors (Lipinski definition) is 12. The van der Waals surface area contributed by atoms with Crippen molar-refractivity contribution >= 4 is 34.2 Å². The Hall–Kier alpha value is -6.26. The molecule has 8 heterocycles. The molecular formula is C64H72ClN3O11. The number of benzene rings is 5. The van der Waals surface area contributed by atoms with Gasteiger partial charge in [0.2, 0.25) is 30.5 Å². The lowest BCUT2D eigenvalue weighted by Crippen LogP contribution is -2.69. The van der Waals surface area contributed by atoms with Gasteiger partial charge in [0.15, 0.2) is 41.3 Å². The summed E-state index contributed by atoms with van der Waals surface area (Å²) < 4.78 is 36.0. The number of likely N-dealkylation sites (N-methyl/N-ethyl adjacent to an activating group) is 1. The van der Waals surface area contributed by atoms with Gasteiger partial charge < -0.3 is 43.3 Å². The van der Waals surface area contributed by atoms with Crippen molar-refractivity contribution in [3.63, 3.8) is 0 Å². The van der Waals surface area contributed by atoms with Crippen LogP contribution >= 0.6 is 11.6 Å². The lowest BCUT2D eigenvalue weighted by Gasteiger charge is -2.57. The van der Waals surface area contributed by atoms with Gasteiger partial charge in [-0.2, -0.15) is 4.57 Å². The zero-order valence-electron chi connectivity index (χ0n) is 46.3. The number of fused-ring (bicyclic) bond motifs is 7. The molecule has 14 rings (SSSR count). The van der Waals surface area contributed by atoms with Crippen LogP contribution in [0.4, 0.5) is 0 Å². The summed E-state index contributed by atoms with van der Waals surface area (Å²) >= 11 is 6.01. The molecule has 6 aromatic rings. The van der Waals surface area contributed by atoms with E-state index in [0.717, 1.165) is 95.7 Å². The zero-order valence-corrected chi connectivity index (χ0v) is 47.1. The Labute approximate surface area is 468 Å². The lowest BCUT2D eigenvalue weighted by molar-refractivity contribution is -0.686. The van der Waals surface area contributed by atoms with Crippen LogP contribution < -0.4 is 28.6 Å². The maximum Gasteiger partial charge on any atom is 0.311 e. The maximum absolute atomic E-state index is 13.8. The fraction of sp³-hybridized carbons (Fsp3) is 0.453. The number of esters is 1. The zero-order chi connectivity index (χ0) is 55.3. The Kier molecular flexibility index (Phi) is 15.2. The number of carbonyl (C=O) groups is 2. The Balaban J connectivity index is 0.000000130. The third-order valence-corrected chi connectivity index (χ3v) is 18.4. The van der Waals surface area contributed by atoms with E-state index in [9.17, 15) is 14.7 Å². The summed E-state index contributed by atoms with van der Waals surface area (Å²) in [5.41, 5.74) is 4.00. The Morgan fingerprint density at radius 1 is 0.835 bits per heavy atom. The number of halogens is 1. The van der Waals surface area contributed by atoms with Gasteiger partial charge in [-0.05, 0) is 129 Å². The van der Waals surface area contributed by atoms with E-state index in [1.807, 2.05) is 107 Å². The van der Waals surface area contributed by atoms with Gasteiger partial charge in [-0.25, -0.2) is 9.78 Å². The van der Waals surface area contributed by atoms with Gasteiger partial charge in [0, 0.05) is 49.9 Å². The molecule has 0 N–H and O–H groups in total. The number of amides is 1. The molecular weight excluding hydrogens is 1020 g/mol. The van der Waals surface area contributed by atoms with Gasteiger partial charge in [-0.1, -0.05) is 109 Å². The topological polar surface area (TPSA) is 141 Å². The van der Waals surface area contributed by atoms with Crippen LogP contribution in [0.15, 0.2) is 121 Å². The molecule has 8 aliphatic rings. The van der Waals surface area contributed by atoms with E-state index in [-0.39, 0.29) is 23.7 Å². The highest BCUT2D eigenvalue weighted by atomic mass is 35.5. The summed E-state index contributed by atoms with van der Waals surface area (Å²) in [5.74, 6) is 3.11. The van der Waals surface area contributed by atoms with Gasteiger partial charge in [-0.3, -0.25) is 9.59 Å². The first-order chi connectivity index (χ1) is 38.1. The van der Waals surface area contributed by atoms with Crippen LogP contribution in [0.2, 0.25) is 5.02 Å². The van der Waals surface area contributed by atoms with Gasteiger partial charge in [0.25, 0.3) is 0 Å². The van der Waals surface area contributed by atoms with Crippen molar-refractivity contribution < 1.29 is 57.5 Å². The van der Waals surface area contributed by atoms with Crippen molar-refractivity contribution in [2.24, 2.45) is 23.7 Å². The molecule has 7 aliphatic heterocycles. The minimum Gasteiger partial charge on any atom is -0.846 e. The molecule has 2 bridgehead atoms. The average molecular weight is 1090 g/mol. The number of carbonyl (C=O) groups excluding carboxylic acids is 2. The van der Waals surface area contributed by atoms with Gasteiger partial charge in [0.05, 0.1) is 31.1 Å². The molecule has 14 nitrogen and oxygen atoms in total. The highest BCUT2D eigenvalue weighted by molar-refractivity contribution is 6.30. The number of aromatic nitrogens is 1. The molecule has 15 heteroatoms. The van der Waals surface area contributed by atoms with E-state index < -0.39 is 28.7 Å². The number of ether oxygens (including phenoxy) is 6. The monoisotopic (exact) mass is 1090 g/mol. The molecule has 0 radical (unpaired) electrons. The number of methoxy groups -OCH3 is 2. The lowest BCUT2D eigenvalue weighted by atomic mass is 9.58. The van der Waals surface area contributed by atoms with Crippen molar-refractivity contribution in [2.45, 2.75) is 107 Å². The predicted molar refractivity (Wildman–Crippen MR) is 296 cm³/mol. The van der Waals surface area contributed by atoms with E-state index in [1.54, 1.807) is 31.3 Å². The van der Waals surface area contributed by atoms with E-state index in [1.165, 1.54) is 16.8 Å². The van der Waals surface area contributed by atoms with Crippen LogP contribution in [0.5, 0.6) is 23.0 Å². The largest absolute Gasteiger partial charge is 0.846 e. The summed E-state index contributed by atoms with van der Waals surface area (Å²) in [5, 5.41) is 16.3. The van der Waals surface area contributed by atoms with Crippen molar-refractivity contribution in [1.29, 1.82) is 0 Å². The number of pyridine rings is 1. The molecule has 0 unspecified atom stereocenters. The predicted octanol–water partition coefficient (Wildman–Crippen LogP) is 9.95. The number of piperidine rings is 1. The average Bonchev–Trinajstić information content (AvgIpc) is 3.87. The smallest absolute Gasteiger partial charge is 0.311 e. The first-order valence-corrected chi connectivity index (χ1v) is 28.3. The Bertz CT molecular complexity index is 3150. The fourth-order valence-electron chi connectivity index (χ4n) is 13.7. The minimum atomic E-state index is -1.09. The van der Waals surface area contributed by atoms with Crippen molar-refractivity contribution in [3.8, 4) is 34.3 Å². The van der Waals surface area contributed by atoms with E-state index in [2.05, 4.69) is 46.9 Å². The molecule has 6 fully saturated rings. The van der Waals surface area contributed by atoms with E-state index >= 15 is 0 Å². The summed E-state index contributed by atoms with van der Waals surface area (Å²) in [7, 11) is 6.98. The molecule has 1 spiro atoms. The summed E-state index contributed by atoms with van der Waals surface area (Å²) in [6.07, 6.45) is 8.08. The summed E-state index contributed by atoms with van der Waals surface area (Å²) in [4.78, 5) is 41.5. The van der Waals surface area contributed by atoms with Crippen molar-refractivity contribution in [3.05, 3.63) is 149 Å².